The van der Waals surface area contributed by atoms with Gasteiger partial charge in [0, 0.05) is 13.2 Å². The summed E-state index contributed by atoms with van der Waals surface area (Å²) in [5.74, 6) is 0. The second-order valence-electron chi connectivity index (χ2n) is 7.60. The second-order valence-corrected chi connectivity index (χ2v) is 7.60. The molecule has 0 rings (SSSR count). The third-order valence-corrected chi connectivity index (χ3v) is 3.58. The van der Waals surface area contributed by atoms with Gasteiger partial charge in [-0.3, -0.25) is 0 Å². The van der Waals surface area contributed by atoms with E-state index < -0.39 is 0 Å². The smallest absolute Gasteiger partial charge is 0.0701 e. The zero-order valence-electron chi connectivity index (χ0n) is 18.7. The number of rotatable bonds is 22. The molecule has 0 saturated carbocycles. The van der Waals surface area contributed by atoms with Crippen LogP contribution in [0.3, 0.4) is 0 Å². The molecule has 28 heavy (non-hydrogen) atoms. The van der Waals surface area contributed by atoms with E-state index in [1.165, 1.54) is 0 Å². The van der Waals surface area contributed by atoms with Crippen LogP contribution >= 0.6 is 0 Å². The lowest BCUT2D eigenvalue weighted by Crippen LogP contribution is -2.15. The molecule has 0 bridgehead atoms. The molecule has 0 aliphatic carbocycles. The van der Waals surface area contributed by atoms with E-state index in [4.69, 9.17) is 33.2 Å². The van der Waals surface area contributed by atoms with Gasteiger partial charge < -0.3 is 33.2 Å². The molecule has 0 atom stereocenters. The van der Waals surface area contributed by atoms with Gasteiger partial charge >= 0.3 is 0 Å². The molecule has 0 unspecified atom stereocenters. The Morgan fingerprint density at radius 3 is 0.893 bits per heavy atom. The van der Waals surface area contributed by atoms with Crippen molar-refractivity contribution in [3.05, 3.63) is 0 Å². The molecular formula is C21H44O7. The van der Waals surface area contributed by atoms with Gasteiger partial charge in [0.05, 0.1) is 79.3 Å². The summed E-state index contributed by atoms with van der Waals surface area (Å²) in [6, 6.07) is 0. The highest BCUT2D eigenvalue weighted by atomic mass is 16.6. The van der Waals surface area contributed by atoms with Crippen LogP contribution in [0, 0.1) is 5.41 Å². The van der Waals surface area contributed by atoms with Crippen LogP contribution < -0.4 is 0 Å². The van der Waals surface area contributed by atoms with Crippen LogP contribution in [0.5, 0.6) is 0 Å². The van der Waals surface area contributed by atoms with Gasteiger partial charge in [-0.1, -0.05) is 27.7 Å². The minimum atomic E-state index is 0.320. The molecule has 170 valence electrons. The highest BCUT2D eigenvalue weighted by molar-refractivity contribution is 4.59. The maximum absolute atomic E-state index is 5.53. The Bertz CT molecular complexity index is 295. The third kappa shape index (κ3) is 25.7. The SMILES string of the molecule is CCCOCCOCCOCCOCCOCCOCCOCCC(C)(C)C. The fourth-order valence-corrected chi connectivity index (χ4v) is 1.94. The zero-order valence-corrected chi connectivity index (χ0v) is 18.7. The summed E-state index contributed by atoms with van der Waals surface area (Å²) in [7, 11) is 0. The molecule has 0 aromatic carbocycles. The van der Waals surface area contributed by atoms with Crippen molar-refractivity contribution < 1.29 is 33.2 Å². The van der Waals surface area contributed by atoms with Crippen LogP contribution in [0.4, 0.5) is 0 Å². The first-order valence-electron chi connectivity index (χ1n) is 10.6. The monoisotopic (exact) mass is 408 g/mol. The van der Waals surface area contributed by atoms with Crippen molar-refractivity contribution in [2.45, 2.75) is 40.5 Å². The number of hydrogen-bond donors (Lipinski definition) is 0. The molecule has 0 aliphatic rings. The van der Waals surface area contributed by atoms with Crippen LogP contribution in [-0.2, 0) is 33.2 Å². The van der Waals surface area contributed by atoms with E-state index in [0.717, 1.165) is 26.1 Å². The average Bonchev–Trinajstić information content (AvgIpc) is 2.65. The zero-order chi connectivity index (χ0) is 20.8. The van der Waals surface area contributed by atoms with E-state index >= 15 is 0 Å². The van der Waals surface area contributed by atoms with Crippen molar-refractivity contribution in [3.8, 4) is 0 Å². The number of hydrogen-bond acceptors (Lipinski definition) is 7. The molecule has 0 amide bonds. The van der Waals surface area contributed by atoms with E-state index in [0.29, 0.717) is 84.7 Å². The molecule has 7 nitrogen and oxygen atoms in total. The molecule has 7 heteroatoms. The van der Waals surface area contributed by atoms with Gasteiger partial charge in [0.1, 0.15) is 0 Å². The lowest BCUT2D eigenvalue weighted by molar-refractivity contribution is -0.0210. The van der Waals surface area contributed by atoms with Crippen LogP contribution in [0.1, 0.15) is 40.5 Å². The Labute approximate surface area is 172 Å². The lowest BCUT2D eigenvalue weighted by Gasteiger charge is -2.17. The molecule has 0 N–H and O–H groups in total. The molecule has 0 radical (unpaired) electrons. The summed E-state index contributed by atoms with van der Waals surface area (Å²) in [5.41, 5.74) is 0.320. The van der Waals surface area contributed by atoms with Gasteiger partial charge in [0.15, 0.2) is 0 Å². The summed E-state index contributed by atoms with van der Waals surface area (Å²) < 4.78 is 38.0. The van der Waals surface area contributed by atoms with Crippen molar-refractivity contribution in [2.24, 2.45) is 5.41 Å². The van der Waals surface area contributed by atoms with E-state index in [1.54, 1.807) is 0 Å². The molecule has 0 aromatic rings. The fourth-order valence-electron chi connectivity index (χ4n) is 1.94. The highest BCUT2D eigenvalue weighted by Crippen LogP contribution is 2.17. The Kier molecular flexibility index (Phi) is 21.2. The molecule has 0 spiro atoms. The quantitative estimate of drug-likeness (QED) is 0.255. The van der Waals surface area contributed by atoms with Crippen molar-refractivity contribution >= 4 is 0 Å². The molecule has 0 heterocycles. The maximum Gasteiger partial charge on any atom is 0.0701 e. The van der Waals surface area contributed by atoms with Gasteiger partial charge in [0.2, 0.25) is 0 Å². The van der Waals surface area contributed by atoms with Crippen LogP contribution in [-0.4, -0.2) is 92.5 Å². The summed E-state index contributed by atoms with van der Waals surface area (Å²) in [6.07, 6.45) is 2.10. The number of ether oxygens (including phenoxy) is 7. The van der Waals surface area contributed by atoms with Gasteiger partial charge in [0.25, 0.3) is 0 Å². The molecule has 0 aliphatic heterocycles. The molecular weight excluding hydrogens is 364 g/mol. The highest BCUT2D eigenvalue weighted by Gasteiger charge is 2.08. The summed E-state index contributed by atoms with van der Waals surface area (Å²) in [6.45, 7) is 17.4. The first-order chi connectivity index (χ1) is 13.6. The minimum absolute atomic E-state index is 0.320. The molecule has 0 aromatic heterocycles. The normalized spacial score (nSPS) is 12.0. The van der Waals surface area contributed by atoms with E-state index in [1.807, 2.05) is 0 Å². The van der Waals surface area contributed by atoms with Crippen LogP contribution in [0.2, 0.25) is 0 Å². The van der Waals surface area contributed by atoms with Gasteiger partial charge in [-0.25, -0.2) is 0 Å². The first-order valence-corrected chi connectivity index (χ1v) is 10.6. The van der Waals surface area contributed by atoms with Gasteiger partial charge in [-0.2, -0.15) is 0 Å². The standard InChI is InChI=1S/C21H44O7/c1-5-7-22-9-11-24-13-15-26-17-19-28-20-18-27-16-14-25-12-10-23-8-6-21(2,3)4/h5-20H2,1-4H3. The molecule has 0 saturated heterocycles. The topological polar surface area (TPSA) is 64.6 Å². The van der Waals surface area contributed by atoms with Crippen molar-refractivity contribution in [1.29, 1.82) is 0 Å². The summed E-state index contributed by atoms with van der Waals surface area (Å²) in [5, 5.41) is 0. The van der Waals surface area contributed by atoms with E-state index in [9.17, 15) is 0 Å². The van der Waals surface area contributed by atoms with E-state index in [-0.39, 0.29) is 0 Å². The average molecular weight is 409 g/mol. The van der Waals surface area contributed by atoms with E-state index in [2.05, 4.69) is 27.7 Å². The van der Waals surface area contributed by atoms with Gasteiger partial charge in [-0.05, 0) is 18.3 Å². The van der Waals surface area contributed by atoms with Crippen molar-refractivity contribution in [1.82, 2.24) is 0 Å². The lowest BCUT2D eigenvalue weighted by atomic mass is 9.93. The minimum Gasteiger partial charge on any atom is -0.379 e. The van der Waals surface area contributed by atoms with Crippen molar-refractivity contribution in [3.63, 3.8) is 0 Å². The Hall–Kier alpha value is -0.280. The largest absolute Gasteiger partial charge is 0.379 e. The second kappa shape index (κ2) is 21.4. The van der Waals surface area contributed by atoms with Crippen LogP contribution in [0.25, 0.3) is 0 Å². The Morgan fingerprint density at radius 1 is 0.393 bits per heavy atom. The third-order valence-electron chi connectivity index (χ3n) is 3.58. The van der Waals surface area contributed by atoms with Gasteiger partial charge in [-0.15, -0.1) is 0 Å². The predicted molar refractivity (Wildman–Crippen MR) is 110 cm³/mol. The Balaban J connectivity index is 3.01. The maximum atomic E-state index is 5.53. The fraction of sp³-hybridized carbons (Fsp3) is 1.00. The van der Waals surface area contributed by atoms with Crippen molar-refractivity contribution in [2.75, 3.05) is 92.5 Å². The summed E-state index contributed by atoms with van der Waals surface area (Å²) in [4.78, 5) is 0. The summed E-state index contributed by atoms with van der Waals surface area (Å²) >= 11 is 0. The Morgan fingerprint density at radius 2 is 0.643 bits per heavy atom. The van der Waals surface area contributed by atoms with Crippen LogP contribution in [0.15, 0.2) is 0 Å². The first kappa shape index (κ1) is 27.7. The molecule has 0 fully saturated rings. The predicted octanol–water partition coefficient (Wildman–Crippen LogP) is 2.95.